The van der Waals surface area contributed by atoms with Gasteiger partial charge in [0.25, 0.3) is 0 Å². The Hall–Kier alpha value is -1.55. The van der Waals surface area contributed by atoms with Crippen LogP contribution in [0.15, 0.2) is 30.3 Å². The fourth-order valence-corrected chi connectivity index (χ4v) is 2.57. The Bertz CT molecular complexity index is 422. The second-order valence-electron chi connectivity index (χ2n) is 5.52. The zero-order chi connectivity index (χ0) is 14.9. The summed E-state index contributed by atoms with van der Waals surface area (Å²) in [6.45, 7) is 5.39. The van der Waals surface area contributed by atoms with Crippen LogP contribution in [0.2, 0.25) is 0 Å². The second-order valence-corrected chi connectivity index (χ2v) is 5.52. The molecule has 21 heavy (non-hydrogen) atoms. The quantitative estimate of drug-likeness (QED) is 0.839. The van der Waals surface area contributed by atoms with Gasteiger partial charge in [0.1, 0.15) is 0 Å². The number of anilines is 1. The number of nitrogens with one attached hydrogen (secondary N) is 1. The van der Waals surface area contributed by atoms with E-state index < -0.39 is 0 Å². The van der Waals surface area contributed by atoms with Crippen LogP contribution in [-0.2, 0) is 9.53 Å². The van der Waals surface area contributed by atoms with Crippen LogP contribution < -0.4 is 10.2 Å². The van der Waals surface area contributed by atoms with E-state index in [4.69, 9.17) is 4.74 Å². The van der Waals surface area contributed by atoms with Gasteiger partial charge >= 0.3 is 0 Å². The fourth-order valence-electron chi connectivity index (χ4n) is 2.57. The van der Waals surface area contributed by atoms with Gasteiger partial charge in [0.15, 0.2) is 0 Å². The molecule has 2 rings (SSSR count). The highest BCUT2D eigenvalue weighted by atomic mass is 16.5. The van der Waals surface area contributed by atoms with Crippen LogP contribution in [0.5, 0.6) is 0 Å². The molecule has 1 N–H and O–H groups in total. The summed E-state index contributed by atoms with van der Waals surface area (Å²) in [4.78, 5) is 13.9. The minimum absolute atomic E-state index is 0.160. The van der Waals surface area contributed by atoms with Gasteiger partial charge in [-0.1, -0.05) is 31.5 Å². The van der Waals surface area contributed by atoms with Crippen molar-refractivity contribution in [3.63, 3.8) is 0 Å². The Kier molecular flexibility index (Phi) is 6.54. The Balaban J connectivity index is 1.71. The minimum Gasteiger partial charge on any atom is -0.374 e. The molecule has 1 amide bonds. The summed E-state index contributed by atoms with van der Waals surface area (Å²) in [5.74, 6) is 0.160. The number of unbranched alkanes of at least 4 members (excludes halogenated alkanes) is 1. The van der Waals surface area contributed by atoms with Crippen molar-refractivity contribution in [1.82, 2.24) is 5.32 Å². The summed E-state index contributed by atoms with van der Waals surface area (Å²) in [5, 5.41) is 2.98. The molecule has 0 bridgehead atoms. The van der Waals surface area contributed by atoms with Crippen LogP contribution in [0.3, 0.4) is 0 Å². The third-order valence-electron chi connectivity index (χ3n) is 3.81. The highest BCUT2D eigenvalue weighted by Crippen LogP contribution is 2.18. The second kappa shape index (κ2) is 8.67. The molecule has 1 heterocycles. The summed E-state index contributed by atoms with van der Waals surface area (Å²) >= 11 is 0. The smallest absolute Gasteiger partial charge is 0.219 e. The third kappa shape index (κ3) is 5.38. The molecule has 0 aliphatic carbocycles. The van der Waals surface area contributed by atoms with Crippen LogP contribution >= 0.6 is 0 Å². The van der Waals surface area contributed by atoms with Gasteiger partial charge in [-0.25, -0.2) is 0 Å². The van der Waals surface area contributed by atoms with E-state index in [1.54, 1.807) is 0 Å². The number of amides is 1. The molecule has 1 fully saturated rings. The number of carbonyl (C=O) groups is 1. The van der Waals surface area contributed by atoms with Crippen molar-refractivity contribution in [3.05, 3.63) is 30.3 Å². The SMILES string of the molecule is CCCCC(=O)NCCC1CN(c2ccccc2)CCO1. The standard InChI is InChI=1S/C17H26N2O2/c1-2-3-9-17(20)18-11-10-16-14-19(12-13-21-16)15-7-5-4-6-8-15/h4-8,16H,2-3,9-14H2,1H3,(H,18,20). The van der Waals surface area contributed by atoms with E-state index in [-0.39, 0.29) is 12.0 Å². The maximum atomic E-state index is 11.6. The summed E-state index contributed by atoms with van der Waals surface area (Å²) in [7, 11) is 0. The van der Waals surface area contributed by atoms with E-state index >= 15 is 0 Å². The largest absolute Gasteiger partial charge is 0.374 e. The number of hydrogen-bond acceptors (Lipinski definition) is 3. The lowest BCUT2D eigenvalue weighted by molar-refractivity contribution is -0.121. The lowest BCUT2D eigenvalue weighted by Gasteiger charge is -2.34. The number of rotatable bonds is 7. The molecule has 4 nitrogen and oxygen atoms in total. The predicted octanol–water partition coefficient (Wildman–Crippen LogP) is 2.59. The first-order chi connectivity index (χ1) is 10.3. The number of carbonyl (C=O) groups excluding carboxylic acids is 1. The Morgan fingerprint density at radius 3 is 2.95 bits per heavy atom. The summed E-state index contributed by atoms with van der Waals surface area (Å²) < 4.78 is 5.80. The maximum absolute atomic E-state index is 11.6. The molecule has 1 aromatic rings. The van der Waals surface area contributed by atoms with E-state index in [1.165, 1.54) is 5.69 Å². The topological polar surface area (TPSA) is 41.6 Å². The average Bonchev–Trinajstić information content (AvgIpc) is 2.54. The molecule has 0 saturated carbocycles. The first-order valence-electron chi connectivity index (χ1n) is 7.98. The monoisotopic (exact) mass is 290 g/mol. The van der Waals surface area contributed by atoms with Crippen molar-refractivity contribution in [2.45, 2.75) is 38.7 Å². The van der Waals surface area contributed by atoms with Crippen molar-refractivity contribution in [3.8, 4) is 0 Å². The fraction of sp³-hybridized carbons (Fsp3) is 0.588. The number of ether oxygens (including phenoxy) is 1. The Morgan fingerprint density at radius 2 is 2.19 bits per heavy atom. The Labute approximate surface area is 127 Å². The molecular formula is C17H26N2O2. The van der Waals surface area contributed by atoms with Gasteiger partial charge < -0.3 is 15.0 Å². The van der Waals surface area contributed by atoms with Crippen molar-refractivity contribution in [2.75, 3.05) is 31.1 Å². The zero-order valence-electron chi connectivity index (χ0n) is 12.9. The van der Waals surface area contributed by atoms with E-state index in [9.17, 15) is 4.79 Å². The van der Waals surface area contributed by atoms with E-state index in [0.29, 0.717) is 13.0 Å². The van der Waals surface area contributed by atoms with E-state index in [1.807, 2.05) is 6.07 Å². The van der Waals surface area contributed by atoms with Gasteiger partial charge in [0.2, 0.25) is 5.91 Å². The number of benzene rings is 1. The van der Waals surface area contributed by atoms with Gasteiger partial charge in [0, 0.05) is 31.7 Å². The molecule has 1 aliphatic heterocycles. The number of nitrogens with zero attached hydrogens (tertiary/aromatic N) is 1. The van der Waals surface area contributed by atoms with Crippen LogP contribution in [0.1, 0.15) is 32.6 Å². The predicted molar refractivity (Wildman–Crippen MR) is 85.5 cm³/mol. The van der Waals surface area contributed by atoms with Crippen LogP contribution in [0.25, 0.3) is 0 Å². The summed E-state index contributed by atoms with van der Waals surface area (Å²) in [5.41, 5.74) is 1.25. The molecule has 0 aromatic heterocycles. The molecule has 1 atom stereocenters. The zero-order valence-corrected chi connectivity index (χ0v) is 12.9. The Morgan fingerprint density at radius 1 is 1.38 bits per heavy atom. The first-order valence-corrected chi connectivity index (χ1v) is 7.98. The van der Waals surface area contributed by atoms with Crippen LogP contribution in [0.4, 0.5) is 5.69 Å². The molecule has 4 heteroatoms. The summed E-state index contributed by atoms with van der Waals surface area (Å²) in [6, 6.07) is 10.4. The van der Waals surface area contributed by atoms with Crippen molar-refractivity contribution < 1.29 is 9.53 Å². The van der Waals surface area contributed by atoms with Crippen molar-refractivity contribution in [2.24, 2.45) is 0 Å². The summed E-state index contributed by atoms with van der Waals surface area (Å²) in [6.07, 6.45) is 3.74. The number of morpholine rings is 1. The molecule has 1 aliphatic rings. The van der Waals surface area contributed by atoms with Gasteiger partial charge in [-0.15, -0.1) is 0 Å². The molecular weight excluding hydrogens is 264 g/mol. The molecule has 116 valence electrons. The highest BCUT2D eigenvalue weighted by Gasteiger charge is 2.20. The van der Waals surface area contributed by atoms with Crippen LogP contribution in [0, 0.1) is 0 Å². The molecule has 1 unspecified atom stereocenters. The average molecular weight is 290 g/mol. The lowest BCUT2D eigenvalue weighted by Crippen LogP contribution is -2.43. The number of para-hydroxylation sites is 1. The maximum Gasteiger partial charge on any atom is 0.219 e. The van der Waals surface area contributed by atoms with Crippen molar-refractivity contribution >= 4 is 11.6 Å². The normalized spacial score (nSPS) is 18.5. The van der Waals surface area contributed by atoms with Gasteiger partial charge in [-0.3, -0.25) is 4.79 Å². The van der Waals surface area contributed by atoms with E-state index in [0.717, 1.165) is 39.0 Å². The molecule has 0 radical (unpaired) electrons. The minimum atomic E-state index is 0.160. The molecule has 1 aromatic carbocycles. The van der Waals surface area contributed by atoms with Crippen molar-refractivity contribution in [1.29, 1.82) is 0 Å². The van der Waals surface area contributed by atoms with Crippen LogP contribution in [-0.4, -0.2) is 38.3 Å². The van der Waals surface area contributed by atoms with E-state index in [2.05, 4.69) is 41.4 Å². The lowest BCUT2D eigenvalue weighted by atomic mass is 10.1. The molecule has 0 spiro atoms. The van der Waals surface area contributed by atoms with Gasteiger partial charge in [-0.05, 0) is 25.0 Å². The highest BCUT2D eigenvalue weighted by molar-refractivity contribution is 5.75. The third-order valence-corrected chi connectivity index (χ3v) is 3.81. The van der Waals surface area contributed by atoms with Gasteiger partial charge in [-0.2, -0.15) is 0 Å². The van der Waals surface area contributed by atoms with Gasteiger partial charge in [0.05, 0.1) is 12.7 Å². The number of hydrogen-bond donors (Lipinski definition) is 1. The first kappa shape index (κ1) is 15.8. The molecule has 1 saturated heterocycles.